The van der Waals surface area contributed by atoms with Gasteiger partial charge in [0, 0.05) is 6.42 Å². The molecule has 7 heteroatoms. The molecule has 1 heterocycles. The van der Waals surface area contributed by atoms with Crippen LogP contribution in [0, 0.1) is 0 Å². The molecular formula is C18H37N2O5+. The Kier molecular flexibility index (Phi) is 13.4. The summed E-state index contributed by atoms with van der Waals surface area (Å²) in [4.78, 5) is 19.9. The third kappa shape index (κ3) is 13.8. The van der Waals surface area contributed by atoms with Gasteiger partial charge in [-0.3, -0.25) is 9.59 Å². The first kappa shape index (κ1) is 23.8. The summed E-state index contributed by atoms with van der Waals surface area (Å²) in [6.07, 6.45) is 8.24. The number of likely N-dealkylation sites (N-methyl/N-ethyl adjacent to an activating group) is 1. The summed E-state index contributed by atoms with van der Waals surface area (Å²) in [7, 11) is 2.38. The SMILES string of the molecule is CCCCCCCC[N+]1(C)CCOCC1.NC(CCC(=O)O)C(=O)O. The molecule has 1 atom stereocenters. The number of unbranched alkanes of at least 4 members (excludes halogenated alkanes) is 5. The van der Waals surface area contributed by atoms with E-state index in [1.807, 2.05) is 0 Å². The van der Waals surface area contributed by atoms with Crippen molar-refractivity contribution in [2.45, 2.75) is 64.3 Å². The molecule has 0 aromatic carbocycles. The number of rotatable bonds is 11. The minimum atomic E-state index is -1.17. The molecule has 25 heavy (non-hydrogen) atoms. The van der Waals surface area contributed by atoms with E-state index in [0.29, 0.717) is 0 Å². The Labute approximate surface area is 151 Å². The highest BCUT2D eigenvalue weighted by molar-refractivity contribution is 5.74. The Morgan fingerprint density at radius 3 is 2.16 bits per heavy atom. The second kappa shape index (κ2) is 14.0. The first-order chi connectivity index (χ1) is 11.8. The fraction of sp³-hybridized carbons (Fsp3) is 0.889. The minimum Gasteiger partial charge on any atom is -0.481 e. The van der Waals surface area contributed by atoms with Crippen LogP contribution in [0.3, 0.4) is 0 Å². The van der Waals surface area contributed by atoms with Crippen LogP contribution < -0.4 is 5.73 Å². The largest absolute Gasteiger partial charge is 0.481 e. The molecule has 0 aliphatic carbocycles. The minimum absolute atomic E-state index is 0.0231. The maximum Gasteiger partial charge on any atom is 0.320 e. The van der Waals surface area contributed by atoms with Gasteiger partial charge in [-0.15, -0.1) is 0 Å². The summed E-state index contributed by atoms with van der Waals surface area (Å²) in [5, 5.41) is 16.3. The van der Waals surface area contributed by atoms with Crippen LogP contribution in [0.1, 0.15) is 58.3 Å². The number of nitrogens with zero attached hydrogens (tertiary/aromatic N) is 1. The molecule has 1 aliphatic heterocycles. The summed E-state index contributed by atoms with van der Waals surface area (Å²) in [5.41, 5.74) is 5.00. The number of hydrogen-bond donors (Lipinski definition) is 3. The van der Waals surface area contributed by atoms with E-state index >= 15 is 0 Å². The van der Waals surface area contributed by atoms with Crippen molar-refractivity contribution in [2.75, 3.05) is 39.9 Å². The van der Waals surface area contributed by atoms with Crippen LogP contribution in [-0.2, 0) is 14.3 Å². The first-order valence-electron chi connectivity index (χ1n) is 9.42. The molecule has 0 aromatic heterocycles. The lowest BCUT2D eigenvalue weighted by Gasteiger charge is -2.37. The zero-order valence-corrected chi connectivity index (χ0v) is 15.9. The number of carbonyl (C=O) groups is 2. The van der Waals surface area contributed by atoms with Crippen molar-refractivity contribution in [1.29, 1.82) is 0 Å². The van der Waals surface area contributed by atoms with E-state index < -0.39 is 18.0 Å². The lowest BCUT2D eigenvalue weighted by atomic mass is 10.1. The van der Waals surface area contributed by atoms with Gasteiger partial charge in [0.2, 0.25) is 0 Å². The highest BCUT2D eigenvalue weighted by Gasteiger charge is 2.24. The summed E-state index contributed by atoms with van der Waals surface area (Å²) in [6, 6.07) is -1.06. The Balaban J connectivity index is 0.000000504. The molecule has 0 bridgehead atoms. The molecule has 1 fully saturated rings. The molecule has 4 N–H and O–H groups in total. The van der Waals surface area contributed by atoms with Gasteiger partial charge in [0.15, 0.2) is 0 Å². The zero-order chi connectivity index (χ0) is 19.1. The van der Waals surface area contributed by atoms with Gasteiger partial charge < -0.3 is 25.2 Å². The van der Waals surface area contributed by atoms with Crippen LogP contribution >= 0.6 is 0 Å². The van der Waals surface area contributed by atoms with Crippen LogP contribution in [-0.4, -0.2) is 72.6 Å². The second-order valence-corrected chi connectivity index (χ2v) is 7.05. The average Bonchev–Trinajstić information content (AvgIpc) is 2.57. The van der Waals surface area contributed by atoms with Crippen molar-refractivity contribution in [1.82, 2.24) is 0 Å². The van der Waals surface area contributed by atoms with Crippen LogP contribution in [0.15, 0.2) is 0 Å². The third-order valence-electron chi connectivity index (χ3n) is 4.59. The summed E-state index contributed by atoms with van der Waals surface area (Å²) < 4.78 is 6.65. The van der Waals surface area contributed by atoms with Gasteiger partial charge in [-0.2, -0.15) is 0 Å². The van der Waals surface area contributed by atoms with E-state index in [9.17, 15) is 9.59 Å². The Hall–Kier alpha value is -1.18. The standard InChI is InChI=1S/C13H28NO.C5H9NO4/c1-3-4-5-6-7-8-9-14(2)10-12-15-13-11-14;6-3(5(9)10)1-2-4(7)8/h3-13H2,1-2H3;3H,1-2,6H2,(H,7,8)(H,9,10)/q+1;. The molecule has 1 aliphatic rings. The number of nitrogens with two attached hydrogens (primary N) is 1. The molecule has 0 amide bonds. The molecule has 1 rings (SSSR count). The van der Waals surface area contributed by atoms with E-state index in [1.165, 1.54) is 62.6 Å². The normalized spacial score (nSPS) is 17.2. The summed E-state index contributed by atoms with van der Waals surface area (Å²) >= 11 is 0. The smallest absolute Gasteiger partial charge is 0.320 e. The zero-order valence-electron chi connectivity index (χ0n) is 15.9. The average molecular weight is 362 g/mol. The molecule has 1 unspecified atom stereocenters. The lowest BCUT2D eigenvalue weighted by Crippen LogP contribution is -2.52. The Morgan fingerprint density at radius 1 is 1.08 bits per heavy atom. The van der Waals surface area contributed by atoms with E-state index in [1.54, 1.807) is 0 Å². The van der Waals surface area contributed by atoms with Gasteiger partial charge in [-0.25, -0.2) is 0 Å². The third-order valence-corrected chi connectivity index (χ3v) is 4.59. The second-order valence-electron chi connectivity index (χ2n) is 7.05. The van der Waals surface area contributed by atoms with Gasteiger partial charge >= 0.3 is 11.9 Å². The number of aliphatic carboxylic acids is 2. The highest BCUT2D eigenvalue weighted by atomic mass is 16.5. The maximum absolute atomic E-state index is 9.99. The number of hydrogen-bond acceptors (Lipinski definition) is 4. The quantitative estimate of drug-likeness (QED) is 0.384. The molecule has 7 nitrogen and oxygen atoms in total. The van der Waals surface area contributed by atoms with Crippen LogP contribution in [0.2, 0.25) is 0 Å². The van der Waals surface area contributed by atoms with Crippen molar-refractivity contribution in [3.05, 3.63) is 0 Å². The summed E-state index contributed by atoms with van der Waals surface area (Å²) in [5.74, 6) is -2.20. The van der Waals surface area contributed by atoms with Crippen molar-refractivity contribution < 1.29 is 29.0 Å². The number of carboxylic acids is 2. The van der Waals surface area contributed by atoms with E-state index in [4.69, 9.17) is 20.7 Å². The molecule has 0 aromatic rings. The monoisotopic (exact) mass is 361 g/mol. The van der Waals surface area contributed by atoms with Crippen LogP contribution in [0.4, 0.5) is 0 Å². The molecule has 0 radical (unpaired) electrons. The van der Waals surface area contributed by atoms with Crippen LogP contribution in [0.5, 0.6) is 0 Å². The predicted octanol–water partition coefficient (Wildman–Crippen LogP) is 2.09. The Morgan fingerprint density at radius 2 is 1.64 bits per heavy atom. The van der Waals surface area contributed by atoms with Gasteiger partial charge in [-0.05, 0) is 19.3 Å². The van der Waals surface area contributed by atoms with Crippen molar-refractivity contribution in [2.24, 2.45) is 5.73 Å². The van der Waals surface area contributed by atoms with Crippen molar-refractivity contribution >= 4 is 11.9 Å². The molecule has 148 valence electrons. The molecule has 0 saturated carbocycles. The molecule has 1 saturated heterocycles. The molecular weight excluding hydrogens is 324 g/mol. The van der Waals surface area contributed by atoms with Gasteiger partial charge in [0.1, 0.15) is 19.1 Å². The van der Waals surface area contributed by atoms with Crippen molar-refractivity contribution in [3.63, 3.8) is 0 Å². The number of ether oxygens (including phenoxy) is 1. The number of morpholine rings is 1. The fourth-order valence-corrected chi connectivity index (χ4v) is 2.68. The maximum atomic E-state index is 9.99. The fourth-order valence-electron chi connectivity index (χ4n) is 2.68. The van der Waals surface area contributed by atoms with E-state index in [2.05, 4.69) is 14.0 Å². The predicted molar refractivity (Wildman–Crippen MR) is 97.5 cm³/mol. The van der Waals surface area contributed by atoms with Crippen LogP contribution in [0.25, 0.3) is 0 Å². The van der Waals surface area contributed by atoms with Gasteiger partial charge in [0.25, 0.3) is 0 Å². The summed E-state index contributed by atoms with van der Waals surface area (Å²) in [6.45, 7) is 8.00. The van der Waals surface area contributed by atoms with E-state index in [0.717, 1.165) is 13.2 Å². The highest BCUT2D eigenvalue weighted by Crippen LogP contribution is 2.12. The number of carboxylic acid groups (broad SMARTS) is 2. The topological polar surface area (TPSA) is 110 Å². The first-order valence-corrected chi connectivity index (χ1v) is 9.42. The van der Waals surface area contributed by atoms with Gasteiger partial charge in [0.05, 0.1) is 26.8 Å². The lowest BCUT2D eigenvalue weighted by molar-refractivity contribution is -0.917. The Bertz CT molecular complexity index is 370. The van der Waals surface area contributed by atoms with Crippen molar-refractivity contribution in [3.8, 4) is 0 Å². The van der Waals surface area contributed by atoms with E-state index in [-0.39, 0.29) is 12.8 Å². The molecule has 0 spiro atoms. The van der Waals surface area contributed by atoms with Gasteiger partial charge in [-0.1, -0.05) is 32.6 Å². The number of quaternary nitrogens is 1.